The Morgan fingerprint density at radius 2 is 0.467 bits per heavy atom. The summed E-state index contributed by atoms with van der Waals surface area (Å²) >= 11 is 0. The lowest BCUT2D eigenvalue weighted by Crippen LogP contribution is -2.32. The average Bonchev–Trinajstić information content (AvgIpc) is 1.53. The van der Waals surface area contributed by atoms with Gasteiger partial charge in [0.2, 0.25) is 0 Å². The van der Waals surface area contributed by atoms with Gasteiger partial charge < -0.3 is 9.47 Å². The van der Waals surface area contributed by atoms with Crippen LogP contribution in [-0.4, -0.2) is 19.9 Å². The van der Waals surface area contributed by atoms with Gasteiger partial charge in [0.25, 0.3) is 0 Å². The van der Waals surface area contributed by atoms with Crippen molar-refractivity contribution in [3.63, 3.8) is 0 Å². The molecule has 2 aliphatic carbocycles. The van der Waals surface area contributed by atoms with Crippen LogP contribution in [0, 0.1) is 0 Å². The first-order valence-corrected chi connectivity index (χ1v) is 41.0. The second-order valence-electron chi connectivity index (χ2n) is 31.3. The molecule has 20 aromatic rings. The summed E-state index contributed by atoms with van der Waals surface area (Å²) in [5, 5.41) is 4.89. The van der Waals surface area contributed by atoms with Crippen LogP contribution in [0.1, 0.15) is 44.5 Å². The van der Waals surface area contributed by atoms with Gasteiger partial charge in [-0.05, 0) is 165 Å². The molecule has 0 fully saturated rings. The largest absolute Gasteiger partial charge is 0.457 e. The predicted octanol–water partition coefficient (Wildman–Crippen LogP) is 28.9. The van der Waals surface area contributed by atoms with E-state index in [2.05, 4.69) is 431 Å². The maximum Gasteiger partial charge on any atom is 0.161 e. The molecule has 0 amide bonds. The summed E-state index contributed by atoms with van der Waals surface area (Å²) in [6.07, 6.45) is 0. The second-order valence-corrected chi connectivity index (χ2v) is 31.3. The van der Waals surface area contributed by atoms with E-state index in [1.807, 2.05) is 6.07 Å². The van der Waals surface area contributed by atoms with Crippen molar-refractivity contribution in [2.75, 3.05) is 0 Å². The Hall–Kier alpha value is -15.8. The maximum absolute atomic E-state index is 6.92. The van der Waals surface area contributed by atoms with Crippen molar-refractivity contribution < 1.29 is 9.47 Å². The molecule has 2 spiro atoms. The molecule has 120 heavy (non-hydrogen) atoms. The molecule has 4 heterocycles. The minimum atomic E-state index is -0.523. The van der Waals surface area contributed by atoms with Crippen molar-refractivity contribution in [1.82, 2.24) is 19.9 Å². The van der Waals surface area contributed by atoms with E-state index in [9.17, 15) is 0 Å². The van der Waals surface area contributed by atoms with Gasteiger partial charge in [0, 0.05) is 55.6 Å². The van der Waals surface area contributed by atoms with E-state index < -0.39 is 10.8 Å². The van der Waals surface area contributed by atoms with Gasteiger partial charge in [0.15, 0.2) is 11.6 Å². The third-order valence-corrected chi connectivity index (χ3v) is 24.7. The number of fused-ring (bicyclic) bond motifs is 21. The molecule has 0 unspecified atom stereocenters. The number of rotatable bonds is 10. The highest BCUT2D eigenvalue weighted by Gasteiger charge is 2.53. The van der Waals surface area contributed by atoms with Crippen molar-refractivity contribution in [1.29, 1.82) is 0 Å². The standard InChI is InChI=1S/C59H38N2O.C55H34N2O/c1-3-17-39(18-4-1)41-21-15-23-44(35-41)54-38-55(45-24-16-22-42(36-45)40-19-5-2-6-20-40)61-58(60-54)49-28-8-7-25-46(49)43-33-34-53-57(37-43)62-56-32-14-13-31-52(56)59(53)50-29-11-9-26-47(50)48-27-10-12-30-51(48)59;1-2-15-36(16-3-1)50-34-51(39-28-30-42-37(32-39)27-26-35-14-4-5-17-40(35)42)57-54(56-50)45-21-7-6-18-41(45)38-29-31-49-53(33-38)58-52-25-13-12-24-48(52)55(49)46-22-10-8-19-43(46)44-20-9-11-23-47(44)55/h1-38H;1-34H. The monoisotopic (exact) mass is 1530 g/mol. The lowest BCUT2D eigenvalue weighted by molar-refractivity contribution is 0.436. The van der Waals surface area contributed by atoms with E-state index in [0.717, 1.165) is 146 Å². The Balaban J connectivity index is 0.000000140. The highest BCUT2D eigenvalue weighted by molar-refractivity contribution is 6.08. The van der Waals surface area contributed by atoms with Gasteiger partial charge in [-0.3, -0.25) is 0 Å². The highest BCUT2D eigenvalue weighted by atomic mass is 16.5. The summed E-state index contributed by atoms with van der Waals surface area (Å²) in [6, 6.07) is 155. The van der Waals surface area contributed by atoms with E-state index in [-0.39, 0.29) is 0 Å². The van der Waals surface area contributed by atoms with E-state index in [0.29, 0.717) is 11.6 Å². The van der Waals surface area contributed by atoms with Gasteiger partial charge >= 0.3 is 0 Å². The molecule has 6 nitrogen and oxygen atoms in total. The molecular formula is C114H72N4O2. The smallest absolute Gasteiger partial charge is 0.161 e. The minimum absolute atomic E-state index is 0.510. The third kappa shape index (κ3) is 11.4. The number of ether oxygens (including phenoxy) is 2. The van der Waals surface area contributed by atoms with Gasteiger partial charge in [-0.2, -0.15) is 0 Å². The SMILES string of the molecule is c1ccc(-c2cc(-c3ccc4c(ccc5ccccc54)c3)nc(-c3ccccc3-c3ccc4c(c3)Oc3ccccc3C43c4ccccc4-c4ccccc43)n2)cc1.c1ccc(-c2cccc(-c3cc(-c4cccc(-c5ccccc5)c4)nc(-c4ccccc4-c4ccc5c(c4)Oc4ccccc4C54c5ccccc5-c5ccccc54)n3)c2)cc1. The van der Waals surface area contributed by atoms with Crippen LogP contribution in [0.2, 0.25) is 0 Å². The first kappa shape index (κ1) is 69.7. The summed E-state index contributed by atoms with van der Waals surface area (Å²) < 4.78 is 13.8. The van der Waals surface area contributed by atoms with Crippen molar-refractivity contribution in [3.8, 4) is 158 Å². The maximum atomic E-state index is 6.92. The van der Waals surface area contributed by atoms with Gasteiger partial charge in [0.1, 0.15) is 23.0 Å². The Morgan fingerprint density at radius 3 is 0.917 bits per heavy atom. The Kier molecular flexibility index (Phi) is 16.6. The van der Waals surface area contributed by atoms with E-state index >= 15 is 0 Å². The molecule has 0 bridgehead atoms. The lowest BCUT2D eigenvalue weighted by atomic mass is 9.66. The number of benzene rings is 18. The topological polar surface area (TPSA) is 70.0 Å². The molecule has 0 saturated carbocycles. The summed E-state index contributed by atoms with van der Waals surface area (Å²) in [7, 11) is 0. The van der Waals surface area contributed by atoms with Crippen molar-refractivity contribution in [2.45, 2.75) is 10.8 Å². The number of aromatic nitrogens is 4. The van der Waals surface area contributed by atoms with Gasteiger partial charge in [0.05, 0.1) is 33.6 Å². The van der Waals surface area contributed by atoms with Crippen LogP contribution >= 0.6 is 0 Å². The Morgan fingerprint density at radius 1 is 0.158 bits per heavy atom. The zero-order chi connectivity index (χ0) is 79.2. The van der Waals surface area contributed by atoms with Crippen molar-refractivity contribution in [2.24, 2.45) is 0 Å². The zero-order valence-electron chi connectivity index (χ0n) is 65.2. The second kappa shape index (κ2) is 28.6. The molecule has 0 atom stereocenters. The molecule has 18 aromatic carbocycles. The summed E-state index contributed by atoms with van der Waals surface area (Å²) in [5.41, 5.74) is 31.9. The normalized spacial score (nSPS) is 12.9. The van der Waals surface area contributed by atoms with E-state index in [1.54, 1.807) is 0 Å². The quantitative estimate of drug-likeness (QED) is 0.127. The Labute approximate surface area is 696 Å². The van der Waals surface area contributed by atoms with E-state index in [4.69, 9.17) is 29.4 Å². The fourth-order valence-corrected chi connectivity index (χ4v) is 19.4. The third-order valence-electron chi connectivity index (χ3n) is 24.7. The highest BCUT2D eigenvalue weighted by Crippen LogP contribution is 2.65. The molecule has 2 aliphatic heterocycles. The molecule has 0 saturated heterocycles. The molecule has 4 aliphatic rings. The van der Waals surface area contributed by atoms with E-state index in [1.165, 1.54) is 66.1 Å². The van der Waals surface area contributed by atoms with Crippen LogP contribution in [0.3, 0.4) is 0 Å². The molecule has 24 rings (SSSR count). The fourth-order valence-electron chi connectivity index (χ4n) is 19.4. The number of hydrogen-bond donors (Lipinski definition) is 0. The summed E-state index contributed by atoms with van der Waals surface area (Å²) in [6.45, 7) is 0. The van der Waals surface area contributed by atoms with Crippen LogP contribution < -0.4 is 9.47 Å². The van der Waals surface area contributed by atoms with Crippen LogP contribution in [0.15, 0.2) is 437 Å². The van der Waals surface area contributed by atoms with Gasteiger partial charge in [-0.15, -0.1) is 0 Å². The van der Waals surface area contributed by atoms with Crippen LogP contribution in [0.5, 0.6) is 23.0 Å². The number of hydrogen-bond acceptors (Lipinski definition) is 6. The molecule has 0 radical (unpaired) electrons. The summed E-state index contributed by atoms with van der Waals surface area (Å²) in [4.78, 5) is 21.4. The number of para-hydroxylation sites is 2. The van der Waals surface area contributed by atoms with Crippen LogP contribution in [0.25, 0.3) is 156 Å². The molecule has 0 N–H and O–H groups in total. The molecule has 2 aromatic heterocycles. The lowest BCUT2D eigenvalue weighted by Gasteiger charge is -2.39. The first-order valence-electron chi connectivity index (χ1n) is 41.0. The minimum Gasteiger partial charge on any atom is -0.457 e. The fraction of sp³-hybridized carbons (Fsp3) is 0.0175. The van der Waals surface area contributed by atoms with Gasteiger partial charge in [-0.25, -0.2) is 19.9 Å². The van der Waals surface area contributed by atoms with Crippen LogP contribution in [-0.2, 0) is 10.8 Å². The van der Waals surface area contributed by atoms with Crippen molar-refractivity contribution in [3.05, 3.63) is 481 Å². The molecule has 560 valence electrons. The molecular weight excluding hydrogens is 1460 g/mol. The first-order chi connectivity index (χ1) is 59.5. The van der Waals surface area contributed by atoms with Crippen LogP contribution in [0.4, 0.5) is 0 Å². The molecule has 6 heteroatoms. The number of nitrogens with zero attached hydrogens (tertiary/aromatic N) is 4. The van der Waals surface area contributed by atoms with Gasteiger partial charge in [-0.1, -0.05) is 382 Å². The summed E-state index contributed by atoms with van der Waals surface area (Å²) in [5.74, 6) is 4.76. The predicted molar refractivity (Wildman–Crippen MR) is 488 cm³/mol. The average molecular weight is 1530 g/mol. The Bertz CT molecular complexity index is 7310. The zero-order valence-corrected chi connectivity index (χ0v) is 65.2. The van der Waals surface area contributed by atoms with Crippen molar-refractivity contribution >= 4 is 21.5 Å².